The largest absolute Gasteiger partial charge is 0.151 e. The first-order valence-electron chi connectivity index (χ1n) is 2.88. The maximum atomic E-state index is 2.16. The molecule has 0 bridgehead atoms. The summed E-state index contributed by atoms with van der Waals surface area (Å²) >= 11 is 1.75. The Hall–Kier alpha value is -0.755. The minimum absolute atomic E-state index is 0. The van der Waals surface area contributed by atoms with E-state index in [4.69, 9.17) is 0 Å². The second kappa shape index (κ2) is 2.89. The minimum Gasteiger partial charge on any atom is -0.151 e. The van der Waals surface area contributed by atoms with Crippen LogP contribution in [0.4, 0.5) is 0 Å². The van der Waals surface area contributed by atoms with Gasteiger partial charge in [-0.3, -0.25) is 0 Å². The average Bonchev–Trinajstić information content (AvgIpc) is 2.33. The fourth-order valence-corrected chi connectivity index (χ4v) is 1.70. The number of benzene rings is 1. The summed E-state index contributed by atoms with van der Waals surface area (Å²) in [6.45, 7) is 0. The van der Waals surface area contributed by atoms with E-state index in [2.05, 4.69) is 35.0 Å². The zero-order valence-electron chi connectivity index (χ0n) is 4.87. The van der Waals surface area contributed by atoms with Gasteiger partial charge in [0.2, 0.25) is 0 Å². The van der Waals surface area contributed by atoms with Gasteiger partial charge in [0.1, 0.15) is 0 Å². The maximum Gasteiger partial charge on any atom is 0.0814 e. The van der Waals surface area contributed by atoms with Crippen molar-refractivity contribution in [2.75, 3.05) is 0 Å². The third-order valence-corrected chi connectivity index (χ3v) is 2.17. The summed E-state index contributed by atoms with van der Waals surface area (Å²) in [7, 11) is 0. The minimum atomic E-state index is 0. The van der Waals surface area contributed by atoms with E-state index in [-0.39, 0.29) is 8.41 Å². The molecule has 0 fully saturated rings. The SMILES string of the molecule is B.c1ccc2cscc2c1. The topological polar surface area (TPSA) is 0 Å². The molecule has 1 heterocycles. The van der Waals surface area contributed by atoms with Crippen molar-refractivity contribution in [1.82, 2.24) is 0 Å². The molecule has 2 aromatic rings. The van der Waals surface area contributed by atoms with Crippen molar-refractivity contribution in [1.29, 1.82) is 0 Å². The van der Waals surface area contributed by atoms with Crippen LogP contribution in [0, 0.1) is 0 Å². The first kappa shape index (κ1) is 7.35. The molecule has 0 nitrogen and oxygen atoms in total. The standard InChI is InChI=1S/C8H6S.BH3/c1-2-4-8-6-9-5-7(8)3-1;/h1-6H;1H3. The van der Waals surface area contributed by atoms with Crippen LogP contribution in [0.2, 0.25) is 0 Å². The van der Waals surface area contributed by atoms with Crippen molar-refractivity contribution in [3.05, 3.63) is 35.0 Å². The molecule has 0 aliphatic carbocycles. The number of hydrogen-bond acceptors (Lipinski definition) is 1. The van der Waals surface area contributed by atoms with Gasteiger partial charge in [-0.2, -0.15) is 11.3 Å². The lowest BCUT2D eigenvalue weighted by molar-refractivity contribution is 1.85. The van der Waals surface area contributed by atoms with E-state index in [9.17, 15) is 0 Å². The summed E-state index contributed by atoms with van der Waals surface area (Å²) in [6.07, 6.45) is 0. The van der Waals surface area contributed by atoms with E-state index < -0.39 is 0 Å². The van der Waals surface area contributed by atoms with Gasteiger partial charge in [0.25, 0.3) is 0 Å². The Morgan fingerprint density at radius 3 is 1.90 bits per heavy atom. The Labute approximate surface area is 66.1 Å². The van der Waals surface area contributed by atoms with Crippen LogP contribution in [0.15, 0.2) is 35.0 Å². The van der Waals surface area contributed by atoms with E-state index in [0.29, 0.717) is 0 Å². The van der Waals surface area contributed by atoms with Crippen LogP contribution in [-0.4, -0.2) is 8.41 Å². The Balaban J connectivity index is 0.000000500. The van der Waals surface area contributed by atoms with Crippen molar-refractivity contribution in [2.45, 2.75) is 0 Å². The molecule has 0 aliphatic heterocycles. The maximum absolute atomic E-state index is 2.16. The highest BCUT2D eigenvalue weighted by molar-refractivity contribution is 7.09. The van der Waals surface area contributed by atoms with Gasteiger partial charge in [-0.1, -0.05) is 24.3 Å². The molecule has 0 atom stereocenters. The number of thiophene rings is 1. The summed E-state index contributed by atoms with van der Waals surface area (Å²) in [5.41, 5.74) is 0. The van der Waals surface area contributed by atoms with Gasteiger partial charge in [0.15, 0.2) is 0 Å². The van der Waals surface area contributed by atoms with Crippen molar-refractivity contribution in [2.24, 2.45) is 0 Å². The molecular formula is C8H9BS. The van der Waals surface area contributed by atoms with Crippen molar-refractivity contribution >= 4 is 30.5 Å². The average molecular weight is 148 g/mol. The van der Waals surface area contributed by atoms with Crippen molar-refractivity contribution < 1.29 is 0 Å². The molecule has 0 amide bonds. The van der Waals surface area contributed by atoms with Crippen LogP contribution in [-0.2, 0) is 0 Å². The Bertz CT molecular complexity index is 283. The number of hydrogen-bond donors (Lipinski definition) is 0. The van der Waals surface area contributed by atoms with E-state index in [1.54, 1.807) is 11.3 Å². The normalized spacial score (nSPS) is 9.20. The fraction of sp³-hybridized carbons (Fsp3) is 0. The molecule has 50 valence electrons. The summed E-state index contributed by atoms with van der Waals surface area (Å²) in [5.74, 6) is 0. The van der Waals surface area contributed by atoms with Crippen molar-refractivity contribution in [3.63, 3.8) is 0 Å². The van der Waals surface area contributed by atoms with Gasteiger partial charge < -0.3 is 0 Å². The first-order chi connectivity index (χ1) is 4.47. The predicted molar refractivity (Wildman–Crippen MR) is 51.8 cm³/mol. The van der Waals surface area contributed by atoms with Crippen LogP contribution < -0.4 is 0 Å². The molecule has 2 rings (SSSR count). The van der Waals surface area contributed by atoms with Crippen LogP contribution in [0.5, 0.6) is 0 Å². The molecule has 1 aromatic heterocycles. The van der Waals surface area contributed by atoms with Crippen LogP contribution in [0.25, 0.3) is 10.8 Å². The second-order valence-electron chi connectivity index (χ2n) is 2.00. The highest BCUT2D eigenvalue weighted by atomic mass is 32.1. The van der Waals surface area contributed by atoms with E-state index in [0.717, 1.165) is 0 Å². The molecule has 0 unspecified atom stereocenters. The highest BCUT2D eigenvalue weighted by Gasteiger charge is 1.87. The van der Waals surface area contributed by atoms with Gasteiger partial charge in [-0.05, 0) is 21.5 Å². The van der Waals surface area contributed by atoms with Crippen LogP contribution >= 0.6 is 11.3 Å². The summed E-state index contributed by atoms with van der Waals surface area (Å²) < 4.78 is 0. The van der Waals surface area contributed by atoms with E-state index in [1.165, 1.54) is 10.8 Å². The first-order valence-corrected chi connectivity index (χ1v) is 3.82. The Kier molecular flexibility index (Phi) is 2.12. The van der Waals surface area contributed by atoms with Gasteiger partial charge >= 0.3 is 0 Å². The highest BCUT2D eigenvalue weighted by Crippen LogP contribution is 2.17. The number of rotatable bonds is 0. The quantitative estimate of drug-likeness (QED) is 0.499. The zero-order chi connectivity index (χ0) is 6.10. The number of fused-ring (bicyclic) bond motifs is 1. The zero-order valence-corrected chi connectivity index (χ0v) is 5.69. The molecular weight excluding hydrogens is 139 g/mol. The lowest BCUT2D eigenvalue weighted by Gasteiger charge is -1.82. The van der Waals surface area contributed by atoms with Crippen LogP contribution in [0.3, 0.4) is 0 Å². The molecule has 0 saturated carbocycles. The third kappa shape index (κ3) is 1.07. The fourth-order valence-electron chi connectivity index (χ4n) is 0.906. The molecule has 1 aromatic carbocycles. The van der Waals surface area contributed by atoms with Gasteiger partial charge in [0, 0.05) is 0 Å². The third-order valence-electron chi connectivity index (χ3n) is 1.39. The van der Waals surface area contributed by atoms with Gasteiger partial charge in [-0.15, -0.1) is 0 Å². The van der Waals surface area contributed by atoms with Gasteiger partial charge in [0.05, 0.1) is 8.41 Å². The molecule has 2 heteroatoms. The Morgan fingerprint density at radius 2 is 1.40 bits per heavy atom. The summed E-state index contributed by atoms with van der Waals surface area (Å²) in [5, 5.41) is 7.02. The second-order valence-corrected chi connectivity index (χ2v) is 2.74. The van der Waals surface area contributed by atoms with Crippen LogP contribution in [0.1, 0.15) is 0 Å². The van der Waals surface area contributed by atoms with Gasteiger partial charge in [-0.25, -0.2) is 0 Å². The summed E-state index contributed by atoms with van der Waals surface area (Å²) in [6, 6.07) is 8.39. The van der Waals surface area contributed by atoms with Crippen molar-refractivity contribution in [3.8, 4) is 0 Å². The monoisotopic (exact) mass is 148 g/mol. The summed E-state index contributed by atoms with van der Waals surface area (Å²) in [4.78, 5) is 0. The molecule has 0 saturated heterocycles. The van der Waals surface area contributed by atoms with E-state index in [1.807, 2.05) is 0 Å². The molecule has 0 N–H and O–H groups in total. The van der Waals surface area contributed by atoms with E-state index >= 15 is 0 Å². The molecule has 10 heavy (non-hydrogen) atoms. The lowest BCUT2D eigenvalue weighted by Crippen LogP contribution is -1.57. The Morgan fingerprint density at radius 1 is 0.900 bits per heavy atom. The smallest absolute Gasteiger partial charge is 0.0814 e. The molecule has 0 spiro atoms. The molecule has 0 radical (unpaired) electrons. The lowest BCUT2D eigenvalue weighted by atomic mass is 10.2. The predicted octanol–water partition coefficient (Wildman–Crippen LogP) is 1.72. The molecule has 0 aliphatic rings.